The molecule has 1 amide bonds. The summed E-state index contributed by atoms with van der Waals surface area (Å²) in [5.41, 5.74) is 2.62. The SMILES string of the molecule is CC12CCC3c4ccc(O)cc4CCC3C1CC[C@@H]2OC(=O)CNC(=O)c1cccc(S(N)(=O)=O)c1. The van der Waals surface area contributed by atoms with E-state index in [0.29, 0.717) is 23.5 Å². The van der Waals surface area contributed by atoms with Gasteiger partial charge in [-0.3, -0.25) is 9.59 Å². The van der Waals surface area contributed by atoms with E-state index in [1.54, 1.807) is 6.07 Å². The minimum absolute atomic E-state index is 0.0981. The summed E-state index contributed by atoms with van der Waals surface area (Å²) < 4.78 is 29.0. The summed E-state index contributed by atoms with van der Waals surface area (Å²) in [4.78, 5) is 25.0. The van der Waals surface area contributed by atoms with Gasteiger partial charge in [0.05, 0.1) is 4.90 Å². The number of phenolic OH excluding ortho intramolecular Hbond substituents is 1. The first-order valence-electron chi connectivity index (χ1n) is 12.5. The summed E-state index contributed by atoms with van der Waals surface area (Å²) in [6.45, 7) is 1.95. The van der Waals surface area contributed by atoms with Gasteiger partial charge in [0.2, 0.25) is 10.0 Å². The number of phenols is 1. The van der Waals surface area contributed by atoms with Crippen LogP contribution < -0.4 is 10.5 Å². The predicted molar refractivity (Wildman–Crippen MR) is 133 cm³/mol. The van der Waals surface area contributed by atoms with Crippen LogP contribution in [0.3, 0.4) is 0 Å². The lowest BCUT2D eigenvalue weighted by Gasteiger charge is -2.50. The first-order chi connectivity index (χ1) is 17.1. The summed E-state index contributed by atoms with van der Waals surface area (Å²) in [5.74, 6) is 0.741. The quantitative estimate of drug-likeness (QED) is 0.526. The molecule has 5 rings (SSSR count). The molecule has 3 aliphatic rings. The number of aromatic hydroxyl groups is 1. The van der Waals surface area contributed by atoms with Gasteiger partial charge in [0, 0.05) is 11.0 Å². The third-order valence-corrected chi connectivity index (χ3v) is 9.63. The number of hydrogen-bond donors (Lipinski definition) is 3. The molecule has 36 heavy (non-hydrogen) atoms. The zero-order valence-electron chi connectivity index (χ0n) is 20.3. The molecule has 2 fully saturated rings. The maximum atomic E-state index is 12.7. The van der Waals surface area contributed by atoms with Crippen LogP contribution in [0.1, 0.15) is 66.4 Å². The smallest absolute Gasteiger partial charge is 0.325 e. The fraction of sp³-hybridized carbons (Fsp3) is 0.481. The van der Waals surface area contributed by atoms with Crippen LogP contribution >= 0.6 is 0 Å². The summed E-state index contributed by atoms with van der Waals surface area (Å²) in [6, 6.07) is 11.1. The van der Waals surface area contributed by atoms with Gasteiger partial charge in [0.15, 0.2) is 0 Å². The fourth-order valence-electron chi connectivity index (χ4n) is 6.98. The van der Waals surface area contributed by atoms with Gasteiger partial charge < -0.3 is 15.2 Å². The van der Waals surface area contributed by atoms with Crippen molar-refractivity contribution in [3.8, 4) is 5.75 Å². The molecule has 4 unspecified atom stereocenters. The fourth-order valence-corrected chi connectivity index (χ4v) is 7.54. The Morgan fingerprint density at radius 2 is 1.94 bits per heavy atom. The molecule has 8 nitrogen and oxygen atoms in total. The lowest BCUT2D eigenvalue weighted by atomic mass is 9.55. The number of carbonyl (C=O) groups is 2. The number of nitrogens with two attached hydrogens (primary N) is 1. The minimum Gasteiger partial charge on any atom is -0.508 e. The number of esters is 1. The standard InChI is InChI=1S/C27H32N2O6S/c1-27-12-11-21-20-8-6-18(30)13-16(20)5-7-22(21)23(27)9-10-24(27)35-25(31)15-29-26(32)17-3-2-4-19(14-17)36(28,33)34/h2-4,6,8,13-14,21-24,30H,5,7,9-12,15H2,1H3,(H,29,32)(H2,28,33,34)/t21?,22?,23?,24-,27?/m0/s1. The lowest BCUT2D eigenvalue weighted by Crippen LogP contribution is -2.45. The second kappa shape index (κ2) is 9.19. The van der Waals surface area contributed by atoms with Crippen LogP contribution in [-0.4, -0.2) is 38.0 Å². The lowest BCUT2D eigenvalue weighted by molar-refractivity contribution is -0.156. The average Bonchev–Trinajstić information content (AvgIpc) is 3.17. The molecule has 0 heterocycles. The second-order valence-electron chi connectivity index (χ2n) is 10.7. The molecule has 192 valence electrons. The largest absolute Gasteiger partial charge is 0.508 e. The summed E-state index contributed by atoms with van der Waals surface area (Å²) in [5, 5.41) is 17.5. The summed E-state index contributed by atoms with van der Waals surface area (Å²) in [6.07, 6.45) is 5.65. The van der Waals surface area contributed by atoms with E-state index in [0.717, 1.165) is 38.5 Å². The number of primary sulfonamides is 1. The highest BCUT2D eigenvalue weighted by Crippen LogP contribution is 2.61. The van der Waals surface area contributed by atoms with E-state index < -0.39 is 21.9 Å². The number of ether oxygens (including phenoxy) is 1. The molecule has 0 radical (unpaired) electrons. The van der Waals surface area contributed by atoms with E-state index in [4.69, 9.17) is 9.88 Å². The number of benzene rings is 2. The van der Waals surface area contributed by atoms with E-state index in [1.165, 1.54) is 35.4 Å². The Labute approximate surface area is 211 Å². The van der Waals surface area contributed by atoms with Crippen LogP contribution in [0.5, 0.6) is 5.75 Å². The van der Waals surface area contributed by atoms with Gasteiger partial charge in [0.25, 0.3) is 5.91 Å². The Bertz CT molecular complexity index is 1310. The van der Waals surface area contributed by atoms with Crippen molar-refractivity contribution in [2.75, 3.05) is 6.54 Å². The Morgan fingerprint density at radius 3 is 2.72 bits per heavy atom. The zero-order chi connectivity index (χ0) is 25.7. The minimum atomic E-state index is -3.93. The molecule has 0 spiro atoms. The molecule has 0 bridgehead atoms. The summed E-state index contributed by atoms with van der Waals surface area (Å²) in [7, 11) is -3.93. The number of nitrogens with one attached hydrogen (secondary N) is 1. The number of sulfonamides is 1. The van der Waals surface area contributed by atoms with Gasteiger partial charge >= 0.3 is 5.97 Å². The monoisotopic (exact) mass is 512 g/mol. The molecule has 4 N–H and O–H groups in total. The maximum absolute atomic E-state index is 12.7. The van der Waals surface area contributed by atoms with Crippen LogP contribution in [0.25, 0.3) is 0 Å². The number of rotatable bonds is 5. The molecule has 2 aromatic carbocycles. The van der Waals surface area contributed by atoms with Crippen molar-refractivity contribution in [2.45, 2.75) is 62.4 Å². The van der Waals surface area contributed by atoms with Crippen molar-refractivity contribution in [1.82, 2.24) is 5.32 Å². The first kappa shape index (κ1) is 24.8. The second-order valence-corrected chi connectivity index (χ2v) is 12.2. The van der Waals surface area contributed by atoms with Gasteiger partial charge in [-0.1, -0.05) is 19.1 Å². The van der Waals surface area contributed by atoms with E-state index in [1.807, 2.05) is 6.07 Å². The summed E-state index contributed by atoms with van der Waals surface area (Å²) >= 11 is 0. The van der Waals surface area contributed by atoms with E-state index in [2.05, 4.69) is 18.3 Å². The molecular formula is C27H32N2O6S. The van der Waals surface area contributed by atoms with Crippen LogP contribution in [0, 0.1) is 17.3 Å². The predicted octanol–water partition coefficient (Wildman–Crippen LogP) is 3.24. The van der Waals surface area contributed by atoms with Crippen molar-refractivity contribution in [1.29, 1.82) is 0 Å². The van der Waals surface area contributed by atoms with Crippen molar-refractivity contribution in [3.63, 3.8) is 0 Å². The Balaban J connectivity index is 1.21. The highest BCUT2D eigenvalue weighted by molar-refractivity contribution is 7.89. The Morgan fingerprint density at radius 1 is 1.14 bits per heavy atom. The number of hydrogen-bond acceptors (Lipinski definition) is 6. The number of fused-ring (bicyclic) bond motifs is 5. The van der Waals surface area contributed by atoms with Crippen molar-refractivity contribution >= 4 is 21.9 Å². The maximum Gasteiger partial charge on any atom is 0.325 e. The number of aryl methyl sites for hydroxylation is 1. The molecule has 2 aromatic rings. The van der Waals surface area contributed by atoms with Crippen molar-refractivity contribution in [3.05, 3.63) is 59.2 Å². The molecule has 9 heteroatoms. The number of amides is 1. The van der Waals surface area contributed by atoms with Crippen LogP contribution in [-0.2, 0) is 26.0 Å². The van der Waals surface area contributed by atoms with Gasteiger partial charge in [-0.25, -0.2) is 13.6 Å². The van der Waals surface area contributed by atoms with Gasteiger partial charge in [0.1, 0.15) is 18.4 Å². The van der Waals surface area contributed by atoms with E-state index in [9.17, 15) is 23.1 Å². The molecule has 0 aromatic heterocycles. The molecule has 5 atom stereocenters. The topological polar surface area (TPSA) is 136 Å². The Hall–Kier alpha value is -2.91. The van der Waals surface area contributed by atoms with Gasteiger partial charge in [-0.2, -0.15) is 0 Å². The third kappa shape index (κ3) is 4.50. The van der Waals surface area contributed by atoms with Gasteiger partial charge in [-0.05, 0) is 97.7 Å². The molecule has 0 saturated heterocycles. The van der Waals surface area contributed by atoms with Crippen LogP contribution in [0.4, 0.5) is 0 Å². The molecule has 2 saturated carbocycles. The van der Waals surface area contributed by atoms with Crippen molar-refractivity contribution < 1.29 is 27.9 Å². The molecular weight excluding hydrogens is 480 g/mol. The zero-order valence-corrected chi connectivity index (χ0v) is 21.1. The Kier molecular flexibility index (Phi) is 6.32. The molecule has 3 aliphatic carbocycles. The normalized spacial score (nSPS) is 28.9. The number of carbonyl (C=O) groups excluding carboxylic acids is 2. The van der Waals surface area contributed by atoms with E-state index >= 15 is 0 Å². The first-order valence-corrected chi connectivity index (χ1v) is 14.0. The average molecular weight is 513 g/mol. The van der Waals surface area contributed by atoms with Gasteiger partial charge in [-0.15, -0.1) is 0 Å². The molecule has 0 aliphatic heterocycles. The highest BCUT2D eigenvalue weighted by Gasteiger charge is 2.56. The van der Waals surface area contributed by atoms with Crippen molar-refractivity contribution in [2.24, 2.45) is 22.4 Å². The third-order valence-electron chi connectivity index (χ3n) is 8.71. The van der Waals surface area contributed by atoms with E-state index in [-0.39, 0.29) is 28.5 Å². The van der Waals surface area contributed by atoms with Crippen LogP contribution in [0.2, 0.25) is 0 Å². The highest BCUT2D eigenvalue weighted by atomic mass is 32.2. The van der Waals surface area contributed by atoms with Crippen LogP contribution in [0.15, 0.2) is 47.4 Å².